The maximum Gasteiger partial charge on any atom is 0.397 e. The fraction of sp³-hybridized carbons (Fsp3) is 0.850. The van der Waals surface area contributed by atoms with Crippen molar-refractivity contribution in [2.45, 2.75) is 206 Å². The number of ether oxygens (including phenoxy) is 2. The molecule has 1 N–H and O–H groups in total. The summed E-state index contributed by atoms with van der Waals surface area (Å²) in [4.78, 5) is 24.7. The predicted molar refractivity (Wildman–Crippen MR) is 202 cm³/mol. The second kappa shape index (κ2) is 36.1. The van der Waals surface area contributed by atoms with E-state index >= 15 is 0 Å². The molecule has 0 spiro atoms. The molecule has 0 radical (unpaired) electrons. The summed E-state index contributed by atoms with van der Waals surface area (Å²) in [5.41, 5.74) is 0. The van der Waals surface area contributed by atoms with Crippen molar-refractivity contribution in [3.63, 3.8) is 0 Å². The molecule has 49 heavy (non-hydrogen) atoms. The van der Waals surface area contributed by atoms with Gasteiger partial charge in [-0.25, -0.2) is 4.18 Å². The molecule has 0 aromatic heterocycles. The van der Waals surface area contributed by atoms with Crippen molar-refractivity contribution < 1.29 is 36.2 Å². The molecule has 0 heterocycles. The molecular formula is C40H74O8S. The second-order valence-corrected chi connectivity index (χ2v) is 14.6. The van der Waals surface area contributed by atoms with E-state index in [1.165, 1.54) is 89.9 Å². The molecule has 1 atom stereocenters. The summed E-state index contributed by atoms with van der Waals surface area (Å²) in [6, 6.07) is 0. The molecule has 8 nitrogen and oxygen atoms in total. The van der Waals surface area contributed by atoms with E-state index in [4.69, 9.17) is 14.0 Å². The number of allylic oxidation sites excluding steroid dienone is 4. The normalized spacial score (nSPS) is 12.6. The zero-order valence-electron chi connectivity index (χ0n) is 31.5. The van der Waals surface area contributed by atoms with Gasteiger partial charge in [0.1, 0.15) is 12.7 Å². The Labute approximate surface area is 301 Å². The molecule has 0 aliphatic heterocycles. The highest BCUT2D eigenvalue weighted by molar-refractivity contribution is 7.80. The minimum Gasteiger partial charge on any atom is -0.462 e. The van der Waals surface area contributed by atoms with Gasteiger partial charge in [0.05, 0.1) is 6.61 Å². The lowest BCUT2D eigenvalue weighted by atomic mass is 10.1. The summed E-state index contributed by atoms with van der Waals surface area (Å²) >= 11 is 0. The van der Waals surface area contributed by atoms with E-state index in [2.05, 4.69) is 42.3 Å². The minimum atomic E-state index is -4.61. The van der Waals surface area contributed by atoms with Crippen molar-refractivity contribution >= 4 is 22.3 Å². The number of esters is 2. The topological polar surface area (TPSA) is 116 Å². The fourth-order valence-corrected chi connectivity index (χ4v) is 5.95. The molecule has 0 saturated carbocycles. The Balaban J connectivity index is 4.03. The molecule has 0 aliphatic rings. The Bertz CT molecular complexity index is 915. The van der Waals surface area contributed by atoms with Crippen molar-refractivity contribution in [1.29, 1.82) is 0 Å². The third kappa shape index (κ3) is 38.9. The van der Waals surface area contributed by atoms with Crippen molar-refractivity contribution in [1.82, 2.24) is 0 Å². The Morgan fingerprint density at radius 3 is 1.33 bits per heavy atom. The van der Waals surface area contributed by atoms with Gasteiger partial charge in [0.25, 0.3) is 0 Å². The standard InChI is InChI=1S/C40H74O8S/c1-3-5-7-9-11-13-15-17-19-21-23-25-27-29-31-33-39(41)46-37-38(35-36-47-49(43,44)45)48-40(42)34-32-30-28-26-24-22-20-18-16-14-12-10-8-6-4-2/h17-20,38H,3-16,21-37H2,1-2H3,(H,43,44,45)/b19-17-,20-18-. The van der Waals surface area contributed by atoms with Crippen LogP contribution in [0.5, 0.6) is 0 Å². The summed E-state index contributed by atoms with van der Waals surface area (Å²) in [5, 5.41) is 0. The Morgan fingerprint density at radius 2 is 0.918 bits per heavy atom. The van der Waals surface area contributed by atoms with E-state index in [0.717, 1.165) is 70.6 Å². The maximum atomic E-state index is 12.4. The van der Waals surface area contributed by atoms with Crippen LogP contribution in [0.1, 0.15) is 200 Å². The van der Waals surface area contributed by atoms with Crippen LogP contribution in [-0.4, -0.2) is 44.2 Å². The number of hydrogen-bond donors (Lipinski definition) is 1. The fourth-order valence-electron chi connectivity index (χ4n) is 5.64. The monoisotopic (exact) mass is 715 g/mol. The highest BCUT2D eigenvalue weighted by Gasteiger charge is 2.18. The molecule has 0 amide bonds. The Hall–Kier alpha value is -1.71. The smallest absolute Gasteiger partial charge is 0.397 e. The number of carbonyl (C=O) groups is 2. The van der Waals surface area contributed by atoms with E-state index in [0.29, 0.717) is 6.42 Å². The molecule has 0 aromatic carbocycles. The van der Waals surface area contributed by atoms with Crippen LogP contribution in [-0.2, 0) is 33.6 Å². The van der Waals surface area contributed by atoms with Gasteiger partial charge in [-0.1, -0.05) is 141 Å². The van der Waals surface area contributed by atoms with Crippen LogP contribution >= 0.6 is 0 Å². The Kier molecular flexibility index (Phi) is 34.8. The van der Waals surface area contributed by atoms with Crippen molar-refractivity contribution in [2.24, 2.45) is 0 Å². The zero-order valence-corrected chi connectivity index (χ0v) is 32.3. The summed E-state index contributed by atoms with van der Waals surface area (Å²) in [7, 11) is -4.61. The van der Waals surface area contributed by atoms with Crippen molar-refractivity contribution in [2.75, 3.05) is 13.2 Å². The summed E-state index contributed by atoms with van der Waals surface area (Å²) in [6.07, 6.45) is 39.4. The third-order valence-corrected chi connectivity index (χ3v) is 9.15. The van der Waals surface area contributed by atoms with Gasteiger partial charge >= 0.3 is 22.3 Å². The van der Waals surface area contributed by atoms with E-state index in [9.17, 15) is 18.0 Å². The first-order valence-electron chi connectivity index (χ1n) is 20.0. The van der Waals surface area contributed by atoms with Gasteiger partial charge in [-0.05, 0) is 64.2 Å². The van der Waals surface area contributed by atoms with Crippen LogP contribution in [0.25, 0.3) is 0 Å². The third-order valence-electron chi connectivity index (χ3n) is 8.69. The van der Waals surface area contributed by atoms with Gasteiger partial charge in [0, 0.05) is 19.3 Å². The largest absolute Gasteiger partial charge is 0.462 e. The van der Waals surface area contributed by atoms with Gasteiger partial charge in [0.15, 0.2) is 0 Å². The molecule has 9 heteroatoms. The first-order chi connectivity index (χ1) is 23.8. The van der Waals surface area contributed by atoms with Gasteiger partial charge in [-0.3, -0.25) is 14.1 Å². The number of rotatable bonds is 37. The maximum absolute atomic E-state index is 12.4. The van der Waals surface area contributed by atoms with Crippen LogP contribution in [0, 0.1) is 0 Å². The van der Waals surface area contributed by atoms with Crippen LogP contribution in [0.3, 0.4) is 0 Å². The summed E-state index contributed by atoms with van der Waals surface area (Å²) in [6.45, 7) is 3.94. The van der Waals surface area contributed by atoms with Crippen molar-refractivity contribution in [3.8, 4) is 0 Å². The van der Waals surface area contributed by atoms with Gasteiger partial charge in [-0.2, -0.15) is 8.42 Å². The van der Waals surface area contributed by atoms with E-state index < -0.39 is 22.5 Å². The Morgan fingerprint density at radius 1 is 0.551 bits per heavy atom. The highest BCUT2D eigenvalue weighted by atomic mass is 32.3. The van der Waals surface area contributed by atoms with Gasteiger partial charge in [-0.15, -0.1) is 0 Å². The van der Waals surface area contributed by atoms with Crippen LogP contribution < -0.4 is 0 Å². The SMILES string of the molecule is CCCCCCCC/C=C\CCCCCCCC(=O)OCC(CCOS(=O)(=O)O)OC(=O)CCCCCCC/C=C\CCCCCCCC. The molecule has 0 bridgehead atoms. The van der Waals surface area contributed by atoms with E-state index in [1.807, 2.05) is 0 Å². The number of hydrogen-bond acceptors (Lipinski definition) is 7. The molecule has 0 aromatic rings. The van der Waals surface area contributed by atoms with Crippen molar-refractivity contribution in [3.05, 3.63) is 24.3 Å². The van der Waals surface area contributed by atoms with Gasteiger partial charge in [0.2, 0.25) is 0 Å². The molecular weight excluding hydrogens is 640 g/mol. The average Bonchev–Trinajstić information content (AvgIpc) is 3.06. The average molecular weight is 715 g/mol. The molecule has 0 saturated heterocycles. The molecule has 1 unspecified atom stereocenters. The number of carbonyl (C=O) groups excluding carboxylic acids is 2. The molecule has 0 aliphatic carbocycles. The molecule has 0 rings (SSSR count). The predicted octanol–water partition coefficient (Wildman–Crippen LogP) is 11.7. The lowest BCUT2D eigenvalue weighted by molar-refractivity contribution is -0.160. The first-order valence-corrected chi connectivity index (χ1v) is 21.4. The van der Waals surface area contributed by atoms with Gasteiger partial charge < -0.3 is 9.47 Å². The quantitative estimate of drug-likeness (QED) is 0.0292. The number of unbranched alkanes of at least 4 members (excludes halogenated alkanes) is 22. The zero-order chi connectivity index (χ0) is 36.1. The van der Waals surface area contributed by atoms with Crippen LogP contribution in [0.2, 0.25) is 0 Å². The van der Waals surface area contributed by atoms with Crippen LogP contribution in [0.15, 0.2) is 24.3 Å². The first kappa shape index (κ1) is 47.3. The highest BCUT2D eigenvalue weighted by Crippen LogP contribution is 2.13. The van der Waals surface area contributed by atoms with E-state index in [1.54, 1.807) is 0 Å². The lowest BCUT2D eigenvalue weighted by Crippen LogP contribution is -2.27. The summed E-state index contributed by atoms with van der Waals surface area (Å²) < 4.78 is 45.9. The molecule has 0 fully saturated rings. The summed E-state index contributed by atoms with van der Waals surface area (Å²) in [5.74, 6) is -0.783. The van der Waals surface area contributed by atoms with Crippen LogP contribution in [0.4, 0.5) is 0 Å². The molecule has 288 valence electrons. The lowest BCUT2D eigenvalue weighted by Gasteiger charge is -2.18. The second-order valence-electron chi connectivity index (χ2n) is 13.5. The minimum absolute atomic E-state index is 0.0153. The van der Waals surface area contributed by atoms with E-state index in [-0.39, 0.29) is 38.4 Å².